The molecule has 6 heteroatoms. The summed E-state index contributed by atoms with van der Waals surface area (Å²) in [7, 11) is 0. The third-order valence-electron chi connectivity index (χ3n) is 6.80. The van der Waals surface area contributed by atoms with Crippen LogP contribution in [-0.4, -0.2) is 28.8 Å². The van der Waals surface area contributed by atoms with E-state index in [0.29, 0.717) is 6.42 Å². The minimum Gasteiger partial charge on any atom is -0.352 e. The highest BCUT2D eigenvalue weighted by atomic mass is 35.5. The number of nitrogens with zero attached hydrogens (tertiary/aromatic N) is 1. The molecule has 0 heterocycles. The van der Waals surface area contributed by atoms with Crippen LogP contribution < -0.4 is 5.32 Å². The van der Waals surface area contributed by atoms with Gasteiger partial charge in [0.25, 0.3) is 0 Å². The molecule has 3 aromatic rings. The van der Waals surface area contributed by atoms with Gasteiger partial charge in [-0.05, 0) is 43.0 Å². The Balaban J connectivity index is 1.69. The van der Waals surface area contributed by atoms with E-state index in [1.165, 1.54) is 12.1 Å². The average molecular weight is 507 g/mol. The van der Waals surface area contributed by atoms with E-state index in [4.69, 9.17) is 11.6 Å². The fraction of sp³-hybridized carbons (Fsp3) is 0.333. The lowest BCUT2D eigenvalue weighted by atomic mass is 10.0. The molecule has 4 nitrogen and oxygen atoms in total. The molecular weight excluding hydrogens is 475 g/mol. The number of nitrogens with one attached hydrogen (secondary N) is 1. The van der Waals surface area contributed by atoms with Crippen LogP contribution in [0.25, 0.3) is 0 Å². The fourth-order valence-corrected chi connectivity index (χ4v) is 5.11. The van der Waals surface area contributed by atoms with Gasteiger partial charge in [0, 0.05) is 29.6 Å². The van der Waals surface area contributed by atoms with Crippen molar-refractivity contribution >= 4 is 23.4 Å². The first-order valence-corrected chi connectivity index (χ1v) is 12.9. The summed E-state index contributed by atoms with van der Waals surface area (Å²) in [5, 5.41) is 3.39. The quantitative estimate of drug-likeness (QED) is 0.385. The Morgan fingerprint density at radius 2 is 1.69 bits per heavy atom. The Labute approximate surface area is 217 Å². The van der Waals surface area contributed by atoms with Crippen molar-refractivity contribution in [3.05, 3.63) is 106 Å². The molecule has 4 rings (SSSR count). The fourth-order valence-electron chi connectivity index (χ4n) is 4.88. The molecule has 0 radical (unpaired) electrons. The highest BCUT2D eigenvalue weighted by molar-refractivity contribution is 6.31. The first kappa shape index (κ1) is 25.9. The van der Waals surface area contributed by atoms with Crippen LogP contribution in [0.1, 0.15) is 47.9 Å². The maximum absolute atomic E-state index is 14.6. The summed E-state index contributed by atoms with van der Waals surface area (Å²) in [6.07, 6.45) is 4.21. The number of rotatable bonds is 9. The maximum Gasteiger partial charge on any atom is 0.243 e. The molecule has 36 heavy (non-hydrogen) atoms. The Morgan fingerprint density at radius 3 is 2.39 bits per heavy atom. The van der Waals surface area contributed by atoms with Gasteiger partial charge in [-0.15, -0.1) is 0 Å². The Hall–Kier alpha value is -3.18. The first-order chi connectivity index (χ1) is 17.4. The second-order valence-electron chi connectivity index (χ2n) is 9.58. The molecule has 1 saturated carbocycles. The van der Waals surface area contributed by atoms with Gasteiger partial charge in [-0.25, -0.2) is 4.39 Å². The van der Waals surface area contributed by atoms with Crippen LogP contribution in [0.3, 0.4) is 0 Å². The molecule has 0 unspecified atom stereocenters. The van der Waals surface area contributed by atoms with Crippen molar-refractivity contribution in [3.8, 4) is 0 Å². The molecule has 1 aliphatic carbocycles. The molecular formula is C30H32ClFN2O2. The number of halogens is 2. The van der Waals surface area contributed by atoms with Crippen molar-refractivity contribution in [1.82, 2.24) is 10.2 Å². The van der Waals surface area contributed by atoms with Crippen molar-refractivity contribution in [2.45, 2.75) is 64.1 Å². The summed E-state index contributed by atoms with van der Waals surface area (Å²) < 4.78 is 14.6. The second kappa shape index (κ2) is 12.2. The summed E-state index contributed by atoms with van der Waals surface area (Å²) >= 11 is 6.25. The van der Waals surface area contributed by atoms with Crippen molar-refractivity contribution < 1.29 is 14.0 Å². The van der Waals surface area contributed by atoms with E-state index in [1.54, 1.807) is 11.0 Å². The molecule has 2 amide bonds. The number of carbonyl (C=O) groups is 2. The monoisotopic (exact) mass is 506 g/mol. The van der Waals surface area contributed by atoms with Gasteiger partial charge >= 0.3 is 0 Å². The van der Waals surface area contributed by atoms with Crippen LogP contribution in [-0.2, 0) is 29.0 Å². The highest BCUT2D eigenvalue weighted by Gasteiger charge is 2.32. The Kier molecular flexibility index (Phi) is 8.76. The third kappa shape index (κ3) is 6.73. The molecule has 0 spiro atoms. The molecule has 1 N–H and O–H groups in total. The lowest BCUT2D eigenvalue weighted by Gasteiger charge is -2.32. The smallest absolute Gasteiger partial charge is 0.243 e. The second-order valence-corrected chi connectivity index (χ2v) is 9.99. The van der Waals surface area contributed by atoms with Gasteiger partial charge in [0.15, 0.2) is 0 Å². The van der Waals surface area contributed by atoms with E-state index in [2.05, 4.69) is 5.32 Å². The van der Waals surface area contributed by atoms with Crippen LogP contribution in [0, 0.1) is 12.7 Å². The van der Waals surface area contributed by atoms with Crippen LogP contribution in [0.2, 0.25) is 5.02 Å². The van der Waals surface area contributed by atoms with Crippen molar-refractivity contribution in [2.75, 3.05) is 0 Å². The summed E-state index contributed by atoms with van der Waals surface area (Å²) in [5.74, 6) is -1.04. The van der Waals surface area contributed by atoms with Crippen LogP contribution in [0.15, 0.2) is 72.8 Å². The Bertz CT molecular complexity index is 1170. The van der Waals surface area contributed by atoms with Gasteiger partial charge in [-0.1, -0.05) is 90.7 Å². The van der Waals surface area contributed by atoms with E-state index in [-0.39, 0.29) is 41.4 Å². The van der Waals surface area contributed by atoms with Gasteiger partial charge in [0.2, 0.25) is 11.8 Å². The maximum atomic E-state index is 14.6. The van der Waals surface area contributed by atoms with E-state index in [9.17, 15) is 14.0 Å². The van der Waals surface area contributed by atoms with Crippen LogP contribution >= 0.6 is 11.6 Å². The zero-order chi connectivity index (χ0) is 25.5. The minimum absolute atomic E-state index is 0.118. The average Bonchev–Trinajstić information content (AvgIpc) is 3.37. The lowest BCUT2D eigenvalue weighted by molar-refractivity contribution is -0.141. The van der Waals surface area contributed by atoms with Gasteiger partial charge in [-0.3, -0.25) is 9.59 Å². The minimum atomic E-state index is -0.744. The summed E-state index contributed by atoms with van der Waals surface area (Å²) in [4.78, 5) is 29.1. The summed E-state index contributed by atoms with van der Waals surface area (Å²) in [6, 6.07) is 21.3. The number of aryl methyl sites for hydroxylation is 1. The highest BCUT2D eigenvalue weighted by Crippen LogP contribution is 2.24. The molecule has 0 bridgehead atoms. The largest absolute Gasteiger partial charge is 0.352 e. The predicted molar refractivity (Wildman–Crippen MR) is 141 cm³/mol. The Morgan fingerprint density at radius 1 is 1.00 bits per heavy atom. The van der Waals surface area contributed by atoms with Crippen molar-refractivity contribution in [3.63, 3.8) is 0 Å². The summed E-state index contributed by atoms with van der Waals surface area (Å²) in [5.41, 5.74) is 3.07. The zero-order valence-corrected chi connectivity index (χ0v) is 21.3. The molecule has 0 aromatic heterocycles. The van der Waals surface area contributed by atoms with Gasteiger partial charge in [0.1, 0.15) is 11.9 Å². The summed E-state index contributed by atoms with van der Waals surface area (Å²) in [6.45, 7) is 2.23. The van der Waals surface area contributed by atoms with Gasteiger partial charge < -0.3 is 10.2 Å². The zero-order valence-electron chi connectivity index (χ0n) is 20.6. The molecule has 1 atom stereocenters. The van der Waals surface area contributed by atoms with Crippen LogP contribution in [0.4, 0.5) is 4.39 Å². The molecule has 3 aromatic carbocycles. The standard InChI is InChI=1S/C30H32ClFN2O2/c1-21-9-7-12-23(17-21)20-34(29(35)19-25-26(31)15-8-16-27(25)32)28(18-22-10-3-2-4-11-22)30(36)33-24-13-5-6-14-24/h2-4,7-12,15-17,24,28H,5-6,13-14,18-20H2,1H3,(H,33,36)/t28-/m1/s1. The molecule has 0 aliphatic heterocycles. The molecule has 1 aliphatic rings. The lowest BCUT2D eigenvalue weighted by Crippen LogP contribution is -2.52. The number of benzene rings is 3. The first-order valence-electron chi connectivity index (χ1n) is 12.5. The van der Waals surface area contributed by atoms with E-state index < -0.39 is 11.9 Å². The van der Waals surface area contributed by atoms with E-state index in [1.807, 2.05) is 61.5 Å². The van der Waals surface area contributed by atoms with E-state index >= 15 is 0 Å². The van der Waals surface area contributed by atoms with Gasteiger partial charge in [0.05, 0.1) is 6.42 Å². The molecule has 1 fully saturated rings. The number of hydrogen-bond acceptors (Lipinski definition) is 2. The molecule has 0 saturated heterocycles. The number of carbonyl (C=O) groups excluding carboxylic acids is 2. The SMILES string of the molecule is Cc1cccc(CN(C(=O)Cc2c(F)cccc2Cl)[C@H](Cc2ccccc2)C(=O)NC2CCCC2)c1. The van der Waals surface area contributed by atoms with E-state index in [0.717, 1.165) is 42.4 Å². The van der Waals surface area contributed by atoms with Gasteiger partial charge in [-0.2, -0.15) is 0 Å². The molecule has 188 valence electrons. The normalized spacial score (nSPS) is 14.4. The number of hydrogen-bond donors (Lipinski definition) is 1. The predicted octanol–water partition coefficient (Wildman–Crippen LogP) is 6.03. The van der Waals surface area contributed by atoms with Crippen molar-refractivity contribution in [2.24, 2.45) is 0 Å². The number of amides is 2. The van der Waals surface area contributed by atoms with Crippen LogP contribution in [0.5, 0.6) is 0 Å². The topological polar surface area (TPSA) is 49.4 Å². The van der Waals surface area contributed by atoms with Crippen molar-refractivity contribution in [1.29, 1.82) is 0 Å². The third-order valence-corrected chi connectivity index (χ3v) is 7.15.